The fourth-order valence-corrected chi connectivity index (χ4v) is 3.77. The first-order chi connectivity index (χ1) is 13.0. The highest BCUT2D eigenvalue weighted by Crippen LogP contribution is 2.22. The van der Waals surface area contributed by atoms with E-state index in [-0.39, 0.29) is 5.56 Å². The molecule has 0 aliphatic heterocycles. The Kier molecular flexibility index (Phi) is 5.02. The van der Waals surface area contributed by atoms with E-state index in [1.807, 2.05) is 18.2 Å². The number of benzene rings is 2. The van der Waals surface area contributed by atoms with E-state index in [0.29, 0.717) is 30.4 Å². The van der Waals surface area contributed by atoms with Crippen LogP contribution in [-0.2, 0) is 0 Å². The predicted octanol–water partition coefficient (Wildman–Crippen LogP) is 4.83. The van der Waals surface area contributed by atoms with Gasteiger partial charge in [-0.25, -0.2) is 0 Å². The zero-order chi connectivity index (χ0) is 19.0. The minimum Gasteiger partial charge on any atom is -0.266 e. The first-order valence-electron chi connectivity index (χ1n) is 7.79. The molecule has 0 aliphatic rings. The lowest BCUT2D eigenvalue weighted by Gasteiger charge is -1.96. The fourth-order valence-electron chi connectivity index (χ4n) is 2.42. The third kappa shape index (κ3) is 3.92. The molecule has 0 saturated heterocycles. The van der Waals surface area contributed by atoms with Crippen molar-refractivity contribution in [2.24, 2.45) is 0 Å². The normalized spacial score (nSPS) is 12.5. The summed E-state index contributed by atoms with van der Waals surface area (Å²) in [6.45, 7) is 0. The largest absolute Gasteiger partial charge is 0.291 e. The molecule has 4 nitrogen and oxygen atoms in total. The summed E-state index contributed by atoms with van der Waals surface area (Å²) in [5.41, 5.74) is 1.53. The number of rotatable bonds is 3. The van der Waals surface area contributed by atoms with Crippen molar-refractivity contribution in [3.05, 3.63) is 89.4 Å². The molecule has 2 aromatic carbocycles. The van der Waals surface area contributed by atoms with Crippen molar-refractivity contribution in [1.82, 2.24) is 14.6 Å². The number of fused-ring (bicyclic) bond motifs is 1. The Balaban J connectivity index is 1.67. The number of hydrogen-bond acceptors (Lipinski definition) is 4. The van der Waals surface area contributed by atoms with Gasteiger partial charge in [0.2, 0.25) is 4.96 Å². The second-order valence-corrected chi connectivity index (χ2v) is 7.90. The van der Waals surface area contributed by atoms with Crippen molar-refractivity contribution < 1.29 is 0 Å². The molecule has 0 unspecified atom stereocenters. The molecule has 0 amide bonds. The summed E-state index contributed by atoms with van der Waals surface area (Å²) in [6.07, 6.45) is 5.36. The van der Waals surface area contributed by atoms with Gasteiger partial charge in [0, 0.05) is 5.02 Å². The Morgan fingerprint density at radius 2 is 1.67 bits per heavy atom. The van der Waals surface area contributed by atoms with Crippen LogP contribution in [0.4, 0.5) is 0 Å². The maximum absolute atomic E-state index is 12.6. The van der Waals surface area contributed by atoms with E-state index in [9.17, 15) is 4.79 Å². The van der Waals surface area contributed by atoms with E-state index in [4.69, 9.17) is 34.8 Å². The van der Waals surface area contributed by atoms with Gasteiger partial charge in [-0.3, -0.25) is 4.79 Å². The molecule has 0 bridgehead atoms. The van der Waals surface area contributed by atoms with Crippen molar-refractivity contribution in [2.45, 2.75) is 0 Å². The molecule has 8 heteroatoms. The average molecular weight is 435 g/mol. The third-order valence-corrected chi connectivity index (χ3v) is 5.68. The fraction of sp³-hybridized carbons (Fsp3) is 0. The maximum Gasteiger partial charge on any atom is 0.291 e. The zero-order valence-corrected chi connectivity index (χ0v) is 16.6. The molecule has 134 valence electrons. The second kappa shape index (κ2) is 7.44. The Bertz CT molecular complexity index is 1280. The van der Waals surface area contributed by atoms with Gasteiger partial charge in [-0.15, -0.1) is 5.10 Å². The Morgan fingerprint density at radius 1 is 0.926 bits per heavy atom. The molecule has 2 aromatic heterocycles. The average Bonchev–Trinajstić information content (AvgIpc) is 3.17. The Hall–Kier alpha value is -2.18. The van der Waals surface area contributed by atoms with E-state index < -0.39 is 0 Å². The molecular formula is C19H10Cl3N3OS. The van der Waals surface area contributed by atoms with Gasteiger partial charge in [0.1, 0.15) is 0 Å². The number of halogens is 3. The first-order valence-corrected chi connectivity index (χ1v) is 9.75. The van der Waals surface area contributed by atoms with E-state index >= 15 is 0 Å². The van der Waals surface area contributed by atoms with Crippen molar-refractivity contribution in [3.63, 3.8) is 0 Å². The molecule has 4 aromatic rings. The highest BCUT2D eigenvalue weighted by Gasteiger charge is 2.09. The van der Waals surface area contributed by atoms with Crippen LogP contribution in [0.2, 0.25) is 15.1 Å². The molecule has 27 heavy (non-hydrogen) atoms. The summed E-state index contributed by atoms with van der Waals surface area (Å²) in [6, 6.07) is 12.6. The van der Waals surface area contributed by atoms with E-state index in [0.717, 1.165) is 11.1 Å². The van der Waals surface area contributed by atoms with Crippen molar-refractivity contribution >= 4 is 69.3 Å². The summed E-state index contributed by atoms with van der Waals surface area (Å²) in [7, 11) is 0. The molecule has 0 atom stereocenters. The number of aromatic nitrogens is 3. The molecule has 0 saturated carbocycles. The molecular weight excluding hydrogens is 425 g/mol. The van der Waals surface area contributed by atoms with Gasteiger partial charge in [-0.05, 0) is 47.5 Å². The monoisotopic (exact) mass is 433 g/mol. The predicted molar refractivity (Wildman–Crippen MR) is 113 cm³/mol. The van der Waals surface area contributed by atoms with Gasteiger partial charge in [0.15, 0.2) is 5.82 Å². The molecule has 0 spiro atoms. The lowest BCUT2D eigenvalue weighted by atomic mass is 10.2. The highest BCUT2D eigenvalue weighted by atomic mass is 35.5. The molecule has 0 N–H and O–H groups in total. The van der Waals surface area contributed by atoms with Gasteiger partial charge < -0.3 is 0 Å². The third-order valence-electron chi connectivity index (χ3n) is 3.73. The highest BCUT2D eigenvalue weighted by molar-refractivity contribution is 7.15. The van der Waals surface area contributed by atoms with E-state index in [1.165, 1.54) is 15.9 Å². The molecule has 4 rings (SSSR count). The van der Waals surface area contributed by atoms with Crippen LogP contribution in [0.1, 0.15) is 17.0 Å². The molecule has 0 aliphatic carbocycles. The SMILES string of the molecule is O=c1c(=Cc2ccc(Cl)c(Cl)c2)sc2nc(C=Cc3ccc(Cl)cc3)nn12. The number of thiazole rings is 1. The smallest absolute Gasteiger partial charge is 0.266 e. The van der Waals surface area contributed by atoms with Gasteiger partial charge in [-0.2, -0.15) is 9.50 Å². The Labute approximate surface area is 172 Å². The van der Waals surface area contributed by atoms with Gasteiger partial charge in [0.05, 0.1) is 14.6 Å². The van der Waals surface area contributed by atoms with Crippen LogP contribution in [0.15, 0.2) is 47.3 Å². The van der Waals surface area contributed by atoms with Crippen molar-refractivity contribution in [1.29, 1.82) is 0 Å². The van der Waals surface area contributed by atoms with Crippen LogP contribution >= 0.6 is 46.1 Å². The van der Waals surface area contributed by atoms with Crippen LogP contribution in [-0.4, -0.2) is 14.6 Å². The molecule has 2 heterocycles. The van der Waals surface area contributed by atoms with Crippen LogP contribution in [0, 0.1) is 0 Å². The molecule has 0 radical (unpaired) electrons. The minimum atomic E-state index is -0.222. The van der Waals surface area contributed by atoms with Crippen LogP contribution < -0.4 is 10.1 Å². The van der Waals surface area contributed by atoms with Crippen LogP contribution in [0.3, 0.4) is 0 Å². The summed E-state index contributed by atoms with van der Waals surface area (Å²) in [4.78, 5) is 17.5. The lowest BCUT2D eigenvalue weighted by molar-refractivity contribution is 0.925. The Morgan fingerprint density at radius 3 is 2.37 bits per heavy atom. The van der Waals surface area contributed by atoms with E-state index in [2.05, 4.69) is 10.1 Å². The summed E-state index contributed by atoms with van der Waals surface area (Å²) in [5.74, 6) is 0.467. The maximum atomic E-state index is 12.6. The van der Waals surface area contributed by atoms with E-state index in [1.54, 1.807) is 42.5 Å². The lowest BCUT2D eigenvalue weighted by Crippen LogP contribution is -2.23. The van der Waals surface area contributed by atoms with Gasteiger partial charge >= 0.3 is 0 Å². The second-order valence-electron chi connectivity index (χ2n) is 5.64. The van der Waals surface area contributed by atoms with Crippen LogP contribution in [0.5, 0.6) is 0 Å². The minimum absolute atomic E-state index is 0.222. The quantitative estimate of drug-likeness (QED) is 0.464. The topological polar surface area (TPSA) is 47.3 Å². The standard InChI is InChI=1S/C19H10Cl3N3OS/c20-13-5-1-11(2-6-13)4-8-17-23-19-25(24-17)18(26)16(27-19)10-12-3-7-14(21)15(22)9-12/h1-10H. The van der Waals surface area contributed by atoms with Gasteiger partial charge in [0.25, 0.3) is 5.56 Å². The summed E-state index contributed by atoms with van der Waals surface area (Å²) >= 11 is 19.1. The van der Waals surface area contributed by atoms with Gasteiger partial charge in [-0.1, -0.05) is 70.4 Å². The van der Waals surface area contributed by atoms with Crippen LogP contribution in [0.25, 0.3) is 23.2 Å². The molecule has 0 fully saturated rings. The number of nitrogens with zero attached hydrogens (tertiary/aromatic N) is 3. The zero-order valence-electron chi connectivity index (χ0n) is 13.6. The summed E-state index contributed by atoms with van der Waals surface area (Å²) in [5, 5.41) is 5.84. The first kappa shape index (κ1) is 18.2. The van der Waals surface area contributed by atoms with Crippen molar-refractivity contribution in [3.8, 4) is 0 Å². The summed E-state index contributed by atoms with van der Waals surface area (Å²) < 4.78 is 1.83. The number of hydrogen-bond donors (Lipinski definition) is 0. The van der Waals surface area contributed by atoms with Crippen molar-refractivity contribution in [2.75, 3.05) is 0 Å².